The van der Waals surface area contributed by atoms with Crippen LogP contribution in [0.1, 0.15) is 56.8 Å². The second-order valence-corrected chi connectivity index (χ2v) is 12.3. The minimum absolute atomic E-state index is 0.0283. The van der Waals surface area contributed by atoms with E-state index in [1.165, 1.54) is 14.0 Å². The number of phenols is 1. The molecule has 2 amide bonds. The van der Waals surface area contributed by atoms with Gasteiger partial charge >= 0.3 is 0 Å². The Labute approximate surface area is 253 Å². The number of carbonyl (C=O) groups is 5. The van der Waals surface area contributed by atoms with Gasteiger partial charge in [0.2, 0.25) is 11.6 Å². The molecule has 4 aliphatic heterocycles. The van der Waals surface area contributed by atoms with Crippen LogP contribution in [0.15, 0.2) is 41.5 Å². The molecule has 0 saturated carbocycles. The number of benzene rings is 2. The molecule has 1 unspecified atom stereocenters. The maximum Gasteiger partial charge on any atom is 0.261 e. The van der Waals surface area contributed by atoms with Crippen LogP contribution in [0.2, 0.25) is 0 Å². The Balaban J connectivity index is 1.43. The van der Waals surface area contributed by atoms with Gasteiger partial charge in [-0.15, -0.1) is 0 Å². The summed E-state index contributed by atoms with van der Waals surface area (Å²) in [5.41, 5.74) is 2.81. The number of imide groups is 1. The van der Waals surface area contributed by atoms with E-state index >= 15 is 0 Å². The molecular weight excluding hydrogens is 564 g/mol. The third-order valence-corrected chi connectivity index (χ3v) is 10.2. The summed E-state index contributed by atoms with van der Waals surface area (Å²) in [6, 6.07) is 7.33. The summed E-state index contributed by atoms with van der Waals surface area (Å²) in [6.07, 6.45) is 0.446. The first-order chi connectivity index (χ1) is 21.0. The Morgan fingerprint density at radius 3 is 2.30 bits per heavy atom. The Bertz CT molecular complexity index is 1770. The molecule has 7 rings (SSSR count). The summed E-state index contributed by atoms with van der Waals surface area (Å²) < 4.78 is 5.54. The van der Waals surface area contributed by atoms with Crippen molar-refractivity contribution in [3.63, 3.8) is 0 Å². The van der Waals surface area contributed by atoms with Crippen LogP contribution in [0.25, 0.3) is 0 Å². The third-order valence-electron chi connectivity index (χ3n) is 10.2. The number of methoxy groups -OCH3 is 1. The van der Waals surface area contributed by atoms with Crippen LogP contribution in [0.4, 0.5) is 0 Å². The summed E-state index contributed by atoms with van der Waals surface area (Å²) >= 11 is 0. The Morgan fingerprint density at radius 1 is 1.02 bits per heavy atom. The molecule has 224 valence electrons. The van der Waals surface area contributed by atoms with Crippen LogP contribution < -0.4 is 4.74 Å². The highest BCUT2D eigenvalue weighted by molar-refractivity contribution is 6.51. The molecule has 44 heavy (non-hydrogen) atoms. The summed E-state index contributed by atoms with van der Waals surface area (Å²) in [5, 5.41) is 22.2. The van der Waals surface area contributed by atoms with Crippen LogP contribution in [0, 0.1) is 24.2 Å². The fourth-order valence-electron chi connectivity index (χ4n) is 8.23. The zero-order valence-electron chi connectivity index (χ0n) is 24.7. The smallest absolute Gasteiger partial charge is 0.261 e. The van der Waals surface area contributed by atoms with E-state index < -0.39 is 65.3 Å². The fraction of sp³-hybridized carbons (Fsp3) is 0.394. The number of rotatable bonds is 3. The number of aryl methyl sites for hydroxylation is 1. The number of amides is 2. The maximum absolute atomic E-state index is 13.7. The molecule has 11 nitrogen and oxygen atoms in total. The molecule has 6 atom stereocenters. The van der Waals surface area contributed by atoms with Crippen molar-refractivity contribution >= 4 is 29.2 Å². The highest BCUT2D eigenvalue weighted by atomic mass is 16.5. The number of likely N-dealkylation sites (N-methyl/N-ethyl adjacent to an activating group) is 1. The van der Waals surface area contributed by atoms with Gasteiger partial charge in [0.25, 0.3) is 11.8 Å². The average Bonchev–Trinajstić information content (AvgIpc) is 3.24. The van der Waals surface area contributed by atoms with Gasteiger partial charge < -0.3 is 9.84 Å². The first-order valence-corrected chi connectivity index (χ1v) is 14.6. The molecule has 0 aromatic heterocycles. The lowest BCUT2D eigenvalue weighted by molar-refractivity contribution is -0.143. The van der Waals surface area contributed by atoms with Crippen molar-refractivity contribution in [1.29, 1.82) is 5.26 Å². The minimum atomic E-state index is -1.16. The number of ether oxygens (including phenoxy) is 1. The molecule has 2 bridgehead atoms. The number of ketones is 3. The van der Waals surface area contributed by atoms with Gasteiger partial charge in [-0.05, 0) is 57.0 Å². The van der Waals surface area contributed by atoms with Crippen LogP contribution in [-0.2, 0) is 20.8 Å². The second kappa shape index (κ2) is 9.67. The zero-order chi connectivity index (χ0) is 31.4. The maximum atomic E-state index is 13.7. The molecule has 4 heterocycles. The number of hydrogen-bond donors (Lipinski definition) is 1. The van der Waals surface area contributed by atoms with Gasteiger partial charge in [0.05, 0.1) is 42.3 Å². The number of phenolic OH excluding ortho intramolecular Hbond substituents is 1. The number of hydrogen-bond acceptors (Lipinski definition) is 10. The van der Waals surface area contributed by atoms with Crippen LogP contribution in [0.5, 0.6) is 11.5 Å². The number of piperazine rings is 1. The van der Waals surface area contributed by atoms with Gasteiger partial charge in [-0.2, -0.15) is 5.26 Å². The van der Waals surface area contributed by atoms with E-state index in [1.54, 1.807) is 24.3 Å². The van der Waals surface area contributed by atoms with Crippen LogP contribution >= 0.6 is 0 Å². The number of carbonyl (C=O) groups excluding carboxylic acids is 5. The molecule has 5 aliphatic rings. The quantitative estimate of drug-likeness (QED) is 0.317. The molecular formula is C33H30N4O7. The van der Waals surface area contributed by atoms with Crippen LogP contribution in [-0.4, -0.2) is 93.8 Å². The molecule has 1 aliphatic carbocycles. The van der Waals surface area contributed by atoms with E-state index in [4.69, 9.17) is 4.74 Å². The predicted octanol–water partition coefficient (Wildman–Crippen LogP) is 1.91. The summed E-state index contributed by atoms with van der Waals surface area (Å²) in [4.78, 5) is 72.4. The number of aromatic hydroxyl groups is 1. The van der Waals surface area contributed by atoms with E-state index in [0.717, 1.165) is 16.0 Å². The number of nitrogens with zero attached hydrogens (tertiary/aromatic N) is 4. The SMILES string of the molecule is COc1c(C)cc2c(c1O)[C@@H]1[C@@H]3CC4=C(C(=O)C(=O)C(C)C4=O)[C@H](CN4C(=O)c5ccccc5C4=O)N3[C@@H](C#N)[C@H](C2)N1C. The zero-order valence-corrected chi connectivity index (χ0v) is 24.7. The largest absolute Gasteiger partial charge is 0.504 e. The van der Waals surface area contributed by atoms with Gasteiger partial charge in [0, 0.05) is 35.3 Å². The summed E-state index contributed by atoms with van der Waals surface area (Å²) in [5.74, 6) is -4.10. The van der Waals surface area contributed by atoms with Crippen molar-refractivity contribution in [1.82, 2.24) is 14.7 Å². The standard InChI is InChI=1S/C33H30N4O7/c1-14-9-16-10-20-22(12-34)37-21(26(35(20)3)24(16)30(41)31(14)44-4)11-19-25(29(40)28(39)15(2)27(19)38)23(37)13-36-32(42)17-7-5-6-8-18(17)33(36)43/h5-9,15,20-23,26,41H,10-11,13H2,1-4H3/t15?,20-,21-,22-,23-,26-/m0/s1. The second-order valence-electron chi connectivity index (χ2n) is 12.3. The highest BCUT2D eigenvalue weighted by Crippen LogP contribution is 2.53. The lowest BCUT2D eigenvalue weighted by atomic mass is 9.68. The van der Waals surface area contributed by atoms with Gasteiger partial charge in [0.15, 0.2) is 17.3 Å². The molecule has 1 N–H and O–H groups in total. The molecule has 0 spiro atoms. The van der Waals surface area contributed by atoms with Gasteiger partial charge in [-0.3, -0.25) is 38.7 Å². The lowest BCUT2D eigenvalue weighted by Gasteiger charge is -2.60. The minimum Gasteiger partial charge on any atom is -0.504 e. The number of nitriles is 1. The van der Waals surface area contributed by atoms with Crippen molar-refractivity contribution in [3.05, 3.63) is 69.3 Å². The van der Waals surface area contributed by atoms with E-state index in [-0.39, 0.29) is 41.0 Å². The molecule has 2 aromatic carbocycles. The summed E-state index contributed by atoms with van der Waals surface area (Å²) in [6.45, 7) is 2.93. The van der Waals surface area contributed by atoms with Gasteiger partial charge in [-0.25, -0.2) is 0 Å². The van der Waals surface area contributed by atoms with Crippen molar-refractivity contribution in [2.24, 2.45) is 5.92 Å². The highest BCUT2D eigenvalue weighted by Gasteiger charge is 2.59. The van der Waals surface area contributed by atoms with Crippen molar-refractivity contribution in [2.45, 2.75) is 56.9 Å². The Morgan fingerprint density at radius 2 is 1.68 bits per heavy atom. The molecule has 1 fully saturated rings. The van der Waals surface area contributed by atoms with E-state index in [0.29, 0.717) is 17.7 Å². The average molecular weight is 595 g/mol. The normalized spacial score (nSPS) is 29.7. The first-order valence-electron chi connectivity index (χ1n) is 14.6. The fourth-order valence-corrected chi connectivity index (χ4v) is 8.23. The molecule has 1 saturated heterocycles. The van der Waals surface area contributed by atoms with Crippen LogP contribution in [0.3, 0.4) is 0 Å². The first kappa shape index (κ1) is 28.1. The van der Waals surface area contributed by atoms with Crippen molar-refractivity contribution in [3.8, 4) is 17.6 Å². The van der Waals surface area contributed by atoms with Crippen molar-refractivity contribution < 1.29 is 33.8 Å². The third kappa shape index (κ3) is 3.52. The molecule has 11 heteroatoms. The monoisotopic (exact) mass is 594 g/mol. The van der Waals surface area contributed by atoms with E-state index in [1.807, 2.05) is 29.8 Å². The number of fused-ring (bicyclic) bond motifs is 7. The Hall–Kier alpha value is -4.66. The summed E-state index contributed by atoms with van der Waals surface area (Å²) in [7, 11) is 3.35. The van der Waals surface area contributed by atoms with Gasteiger partial charge in [-0.1, -0.05) is 18.2 Å². The van der Waals surface area contributed by atoms with E-state index in [2.05, 4.69) is 6.07 Å². The lowest BCUT2D eigenvalue weighted by Crippen LogP contribution is -2.71. The molecule has 0 radical (unpaired) electrons. The topological polar surface area (TPSA) is 148 Å². The number of Topliss-reactive ketones (excluding diaryl/α,β-unsaturated/α-hetero) is 3. The van der Waals surface area contributed by atoms with Crippen molar-refractivity contribution in [2.75, 3.05) is 20.7 Å². The predicted molar refractivity (Wildman–Crippen MR) is 154 cm³/mol. The van der Waals surface area contributed by atoms with E-state index in [9.17, 15) is 34.3 Å². The molecule has 2 aromatic rings. The Kier molecular flexibility index (Phi) is 6.18. The van der Waals surface area contributed by atoms with Gasteiger partial charge in [0.1, 0.15) is 6.04 Å².